The van der Waals surface area contributed by atoms with Gasteiger partial charge in [-0.3, -0.25) is 0 Å². The third-order valence-corrected chi connectivity index (χ3v) is 22.0. The predicted octanol–water partition coefficient (Wildman–Crippen LogP) is 12.5. The second-order valence-corrected chi connectivity index (χ2v) is 22.3. The van der Waals surface area contributed by atoms with Crippen molar-refractivity contribution in [3.63, 3.8) is 0 Å². The van der Waals surface area contributed by atoms with Crippen LogP contribution in [0.2, 0.25) is 0 Å². The fraction of sp³-hybridized carbons (Fsp3) is 0.100. The van der Waals surface area contributed by atoms with E-state index in [2.05, 4.69) is 155 Å². The number of nitrogens with zero attached hydrogens (tertiary/aromatic N) is 5. The van der Waals surface area contributed by atoms with Crippen molar-refractivity contribution in [3.05, 3.63) is 204 Å². The molecule has 2 atom stereocenters. The van der Waals surface area contributed by atoms with E-state index in [1.807, 2.05) is 36.4 Å². The van der Waals surface area contributed by atoms with E-state index in [4.69, 9.17) is 36.0 Å². The van der Waals surface area contributed by atoms with Gasteiger partial charge in [0, 0.05) is 36.8 Å². The lowest BCUT2D eigenvalue weighted by Crippen LogP contribution is -2.23. The van der Waals surface area contributed by atoms with E-state index in [1.54, 1.807) is 0 Å². The highest BCUT2D eigenvalue weighted by atomic mass is 35.7. The molecule has 10 heteroatoms. The Labute approximate surface area is 305 Å². The summed E-state index contributed by atoms with van der Waals surface area (Å²) in [4.78, 5) is 0. The fourth-order valence-corrected chi connectivity index (χ4v) is 21.9. The van der Waals surface area contributed by atoms with Crippen molar-refractivity contribution in [2.75, 3.05) is 0 Å². The second-order valence-electron chi connectivity index (χ2n) is 12.1. The SMILES string of the molecule is Cl[P@@]1(N(Cc2ccccc2)Cc2ccccc2)=NP(c2ccccc2)(c2ccccc2)=N[P@@](Cl)(N(Cc2ccccc2)Cc2ccccc2)=N1. The van der Waals surface area contributed by atoms with Gasteiger partial charge >= 0.3 is 0 Å². The molecule has 0 unspecified atom stereocenters. The molecule has 0 saturated carbocycles. The fourth-order valence-electron chi connectivity index (χ4n) is 6.03. The number of rotatable bonds is 12. The highest BCUT2D eigenvalue weighted by Gasteiger charge is 2.43. The lowest BCUT2D eigenvalue weighted by Gasteiger charge is -2.40. The molecule has 1 aliphatic rings. The van der Waals surface area contributed by atoms with Crippen LogP contribution in [0.5, 0.6) is 0 Å². The van der Waals surface area contributed by atoms with Gasteiger partial charge in [-0.25, -0.2) is 18.4 Å². The molecule has 1 heterocycles. The van der Waals surface area contributed by atoms with Crippen molar-refractivity contribution >= 4 is 53.7 Å². The summed E-state index contributed by atoms with van der Waals surface area (Å²) in [6.07, 6.45) is 0. The van der Waals surface area contributed by atoms with Crippen LogP contribution in [-0.4, -0.2) is 9.34 Å². The monoisotopic (exact) mass is 751 g/mol. The van der Waals surface area contributed by atoms with Crippen molar-refractivity contribution in [2.24, 2.45) is 13.5 Å². The Morgan fingerprint density at radius 1 is 0.340 bits per heavy atom. The van der Waals surface area contributed by atoms with Crippen LogP contribution in [0.3, 0.4) is 0 Å². The largest absolute Gasteiger partial charge is 0.238 e. The molecule has 1 aliphatic heterocycles. The summed E-state index contributed by atoms with van der Waals surface area (Å²) in [5.41, 5.74) is 4.51. The Balaban J connectivity index is 1.52. The van der Waals surface area contributed by atoms with Gasteiger partial charge in [0.1, 0.15) is 7.21 Å². The summed E-state index contributed by atoms with van der Waals surface area (Å²) >= 11 is 16.3. The van der Waals surface area contributed by atoms with E-state index in [1.165, 1.54) is 0 Å². The van der Waals surface area contributed by atoms with Crippen molar-refractivity contribution in [1.82, 2.24) is 9.34 Å². The normalized spacial score (nSPS) is 19.7. The molecule has 0 aliphatic carbocycles. The van der Waals surface area contributed by atoms with Crippen LogP contribution in [0.15, 0.2) is 196 Å². The van der Waals surface area contributed by atoms with E-state index in [0.29, 0.717) is 26.2 Å². The third-order valence-electron chi connectivity index (χ3n) is 8.50. The Morgan fingerprint density at radius 2 is 0.600 bits per heavy atom. The van der Waals surface area contributed by atoms with Gasteiger partial charge in [-0.1, -0.05) is 182 Å². The van der Waals surface area contributed by atoms with Gasteiger partial charge in [0.25, 0.3) is 0 Å². The Hall–Kier alpha value is -3.49. The van der Waals surface area contributed by atoms with Crippen LogP contribution in [0.1, 0.15) is 22.3 Å². The minimum Gasteiger partial charge on any atom is -0.231 e. The standard InChI is InChI=1S/C40H38Cl2N5P3/c41-49(46(31-35-19-7-1-8-20-35)32-36-21-9-2-10-22-36)43-48(39-27-15-5-16-28-39,40-29-17-6-18-30-40)44-50(42,45-49)47(33-37-23-11-3-12-24-37)34-38-25-13-4-14-26-38/h1-30H,31-34H2/t49-,50-/m1/s1. The van der Waals surface area contributed by atoms with Gasteiger partial charge in [-0.05, 0) is 44.7 Å². The molecule has 0 fully saturated rings. The third kappa shape index (κ3) is 8.02. The van der Waals surface area contributed by atoms with Crippen molar-refractivity contribution in [3.8, 4) is 0 Å². The maximum absolute atomic E-state index is 8.15. The van der Waals surface area contributed by atoms with Crippen LogP contribution >= 0.6 is 43.1 Å². The van der Waals surface area contributed by atoms with E-state index in [-0.39, 0.29) is 0 Å². The first-order valence-corrected chi connectivity index (χ1v) is 23.3. The number of hydrogen-bond donors (Lipinski definition) is 0. The number of halogens is 2. The zero-order valence-electron chi connectivity index (χ0n) is 27.5. The second kappa shape index (κ2) is 15.8. The highest BCUT2D eigenvalue weighted by Crippen LogP contribution is 2.83. The van der Waals surface area contributed by atoms with Gasteiger partial charge in [0.2, 0.25) is 13.4 Å². The van der Waals surface area contributed by atoms with Crippen molar-refractivity contribution in [2.45, 2.75) is 26.2 Å². The molecule has 0 spiro atoms. The summed E-state index contributed by atoms with van der Waals surface area (Å²) in [7, 11) is -2.96. The van der Waals surface area contributed by atoms with Crippen molar-refractivity contribution < 1.29 is 0 Å². The minimum atomic E-state index is -3.25. The molecule has 0 saturated heterocycles. The lowest BCUT2D eigenvalue weighted by molar-refractivity contribution is 0.440. The zero-order valence-corrected chi connectivity index (χ0v) is 31.7. The summed E-state index contributed by atoms with van der Waals surface area (Å²) in [5.74, 6) is 0. The average Bonchev–Trinajstić information content (AvgIpc) is 3.16. The molecule has 0 amide bonds. The maximum atomic E-state index is 8.15. The molecule has 0 N–H and O–H groups in total. The number of hydrogen-bond acceptors (Lipinski definition) is 5. The molecule has 6 aromatic carbocycles. The molecule has 0 radical (unpaired) electrons. The minimum absolute atomic E-state index is 0.553. The first-order valence-electron chi connectivity index (χ1n) is 16.5. The topological polar surface area (TPSA) is 43.6 Å². The Kier molecular flexibility index (Phi) is 11.0. The van der Waals surface area contributed by atoms with Gasteiger partial charge in [0.15, 0.2) is 0 Å². The van der Waals surface area contributed by atoms with Crippen LogP contribution in [0.4, 0.5) is 0 Å². The maximum Gasteiger partial charge on any atom is 0.238 e. The molecule has 7 rings (SSSR count). The van der Waals surface area contributed by atoms with E-state index < -0.39 is 20.6 Å². The predicted molar refractivity (Wildman–Crippen MR) is 216 cm³/mol. The van der Waals surface area contributed by atoms with Crippen LogP contribution in [0, 0.1) is 0 Å². The summed E-state index contributed by atoms with van der Waals surface area (Å²) in [6, 6.07) is 62.4. The molecule has 0 aromatic heterocycles. The highest BCUT2D eigenvalue weighted by molar-refractivity contribution is 8.05. The van der Waals surface area contributed by atoms with E-state index >= 15 is 0 Å². The van der Waals surface area contributed by atoms with E-state index in [0.717, 1.165) is 32.9 Å². The van der Waals surface area contributed by atoms with Gasteiger partial charge in [0.05, 0.1) is 0 Å². The lowest BCUT2D eigenvalue weighted by atomic mass is 10.2. The molecule has 252 valence electrons. The molecule has 6 aromatic rings. The van der Waals surface area contributed by atoms with Crippen LogP contribution in [0.25, 0.3) is 0 Å². The summed E-state index contributed by atoms with van der Waals surface area (Å²) in [6.45, 7) is -4.30. The van der Waals surface area contributed by atoms with Gasteiger partial charge < -0.3 is 0 Å². The quantitative estimate of drug-likeness (QED) is 0.117. The van der Waals surface area contributed by atoms with Crippen LogP contribution in [-0.2, 0) is 26.2 Å². The smallest absolute Gasteiger partial charge is 0.231 e. The van der Waals surface area contributed by atoms with Gasteiger partial charge in [-0.15, -0.1) is 0 Å². The summed E-state index contributed by atoms with van der Waals surface area (Å²) < 4.78 is 21.6. The Morgan fingerprint density at radius 3 is 0.900 bits per heavy atom. The van der Waals surface area contributed by atoms with E-state index in [9.17, 15) is 0 Å². The first kappa shape index (κ1) is 34.9. The van der Waals surface area contributed by atoms with Gasteiger partial charge in [-0.2, -0.15) is 4.52 Å². The molecular formula is C40H38Cl2N5P3. The average molecular weight is 753 g/mol. The number of benzene rings is 6. The molecule has 50 heavy (non-hydrogen) atoms. The van der Waals surface area contributed by atoms with Crippen molar-refractivity contribution in [1.29, 1.82) is 0 Å². The Bertz CT molecular complexity index is 1950. The summed E-state index contributed by atoms with van der Waals surface area (Å²) in [5, 5.41) is 2.02. The molecular weight excluding hydrogens is 714 g/mol. The van der Waals surface area contributed by atoms with Crippen LogP contribution < -0.4 is 10.6 Å². The first-order chi connectivity index (χ1) is 24.4. The molecule has 5 nitrogen and oxygen atoms in total. The zero-order chi connectivity index (χ0) is 34.3. The molecule has 0 bridgehead atoms.